The molecule has 3 heteroatoms. The lowest BCUT2D eigenvalue weighted by Crippen LogP contribution is -2.14. The third-order valence-corrected chi connectivity index (χ3v) is 3.57. The Morgan fingerprint density at radius 2 is 2.14 bits per heavy atom. The number of hydrogen-bond donors (Lipinski definition) is 1. The van der Waals surface area contributed by atoms with E-state index in [9.17, 15) is 0 Å². The van der Waals surface area contributed by atoms with Crippen LogP contribution in [0.25, 0.3) is 0 Å². The van der Waals surface area contributed by atoms with E-state index < -0.39 is 0 Å². The van der Waals surface area contributed by atoms with Crippen molar-refractivity contribution in [2.75, 3.05) is 5.32 Å². The average Bonchev–Trinajstić information content (AvgIpc) is 2.64. The summed E-state index contributed by atoms with van der Waals surface area (Å²) in [6.45, 7) is 2.07. The second-order valence-electron chi connectivity index (χ2n) is 3.96. The highest BCUT2D eigenvalue weighted by Gasteiger charge is 2.14. The smallest absolute Gasteiger partial charge is 0.109 e. The molecule has 2 nitrogen and oxygen atoms in total. The standard InChI is InChI=1S/C11H15BrN2/c1-8-6-10(7-13-11(8)12)14-9-4-2-3-5-9/h6-7,9,14H,2-5H2,1H3. The van der Waals surface area contributed by atoms with Crippen molar-refractivity contribution in [2.45, 2.75) is 38.6 Å². The third kappa shape index (κ3) is 2.27. The molecule has 0 aliphatic heterocycles. The zero-order valence-corrected chi connectivity index (χ0v) is 9.97. The zero-order valence-electron chi connectivity index (χ0n) is 8.39. The number of aryl methyl sites for hydroxylation is 1. The number of anilines is 1. The number of aromatic nitrogens is 1. The van der Waals surface area contributed by atoms with E-state index in [1.807, 2.05) is 6.20 Å². The first-order valence-corrected chi connectivity index (χ1v) is 5.93. The maximum Gasteiger partial charge on any atom is 0.109 e. The van der Waals surface area contributed by atoms with Crippen LogP contribution in [0.4, 0.5) is 5.69 Å². The van der Waals surface area contributed by atoms with Crippen molar-refractivity contribution in [1.29, 1.82) is 0 Å². The summed E-state index contributed by atoms with van der Waals surface area (Å²) in [5, 5.41) is 3.53. The van der Waals surface area contributed by atoms with Crippen LogP contribution in [0.5, 0.6) is 0 Å². The van der Waals surface area contributed by atoms with Crippen LogP contribution in [0.3, 0.4) is 0 Å². The van der Waals surface area contributed by atoms with Crippen LogP contribution in [0.15, 0.2) is 16.9 Å². The molecule has 0 amide bonds. The second kappa shape index (κ2) is 4.30. The van der Waals surface area contributed by atoms with Gasteiger partial charge in [0.2, 0.25) is 0 Å². The molecule has 1 fully saturated rings. The quantitative estimate of drug-likeness (QED) is 0.818. The van der Waals surface area contributed by atoms with E-state index in [4.69, 9.17) is 0 Å². The van der Waals surface area contributed by atoms with Crippen LogP contribution in [-0.4, -0.2) is 11.0 Å². The highest BCUT2D eigenvalue weighted by molar-refractivity contribution is 9.10. The van der Waals surface area contributed by atoms with Crippen LogP contribution < -0.4 is 5.32 Å². The Kier molecular flexibility index (Phi) is 3.06. The Morgan fingerprint density at radius 3 is 2.79 bits per heavy atom. The number of rotatable bonds is 2. The van der Waals surface area contributed by atoms with Crippen molar-refractivity contribution in [3.05, 3.63) is 22.4 Å². The molecule has 0 spiro atoms. The Bertz CT molecular complexity index is 319. The van der Waals surface area contributed by atoms with Crippen molar-refractivity contribution in [2.24, 2.45) is 0 Å². The molecular weight excluding hydrogens is 240 g/mol. The molecule has 1 heterocycles. The second-order valence-corrected chi connectivity index (χ2v) is 4.71. The Labute approximate surface area is 93.3 Å². The number of hydrogen-bond acceptors (Lipinski definition) is 2. The van der Waals surface area contributed by atoms with Crippen LogP contribution in [-0.2, 0) is 0 Å². The molecule has 1 aromatic heterocycles. The third-order valence-electron chi connectivity index (χ3n) is 2.74. The van der Waals surface area contributed by atoms with Crippen LogP contribution in [0, 0.1) is 6.92 Å². The minimum absolute atomic E-state index is 0.664. The van der Waals surface area contributed by atoms with Crippen molar-refractivity contribution < 1.29 is 0 Å². The topological polar surface area (TPSA) is 24.9 Å². The first-order valence-electron chi connectivity index (χ1n) is 5.14. The Morgan fingerprint density at radius 1 is 1.43 bits per heavy atom. The fourth-order valence-corrected chi connectivity index (χ4v) is 2.16. The summed E-state index contributed by atoms with van der Waals surface area (Å²) >= 11 is 3.40. The normalized spacial score (nSPS) is 17.3. The molecule has 0 unspecified atom stereocenters. The van der Waals surface area contributed by atoms with Crippen molar-refractivity contribution in [3.8, 4) is 0 Å². The van der Waals surface area contributed by atoms with Crippen molar-refractivity contribution in [3.63, 3.8) is 0 Å². The molecule has 0 radical (unpaired) electrons. The number of nitrogens with zero attached hydrogens (tertiary/aromatic N) is 1. The molecule has 0 bridgehead atoms. The predicted molar refractivity (Wildman–Crippen MR) is 62.6 cm³/mol. The molecule has 1 saturated carbocycles. The monoisotopic (exact) mass is 254 g/mol. The fraction of sp³-hybridized carbons (Fsp3) is 0.545. The van der Waals surface area contributed by atoms with E-state index in [2.05, 4.69) is 39.2 Å². The van der Waals surface area contributed by atoms with Gasteiger partial charge in [-0.1, -0.05) is 12.8 Å². The van der Waals surface area contributed by atoms with Gasteiger partial charge in [-0.3, -0.25) is 0 Å². The summed E-state index contributed by atoms with van der Waals surface area (Å²) in [5.41, 5.74) is 2.34. The van der Waals surface area contributed by atoms with Gasteiger partial charge in [-0.2, -0.15) is 0 Å². The summed E-state index contributed by atoms with van der Waals surface area (Å²) in [5.74, 6) is 0. The molecule has 2 rings (SSSR count). The van der Waals surface area contributed by atoms with E-state index in [1.165, 1.54) is 31.2 Å². The first kappa shape index (κ1) is 9.97. The number of pyridine rings is 1. The minimum atomic E-state index is 0.664. The number of halogens is 1. The van der Waals surface area contributed by atoms with Crippen LogP contribution >= 0.6 is 15.9 Å². The molecular formula is C11H15BrN2. The molecule has 1 N–H and O–H groups in total. The summed E-state index contributed by atoms with van der Waals surface area (Å²) in [6, 6.07) is 2.81. The summed E-state index contributed by atoms with van der Waals surface area (Å²) < 4.78 is 0.939. The molecule has 1 aliphatic carbocycles. The highest BCUT2D eigenvalue weighted by atomic mass is 79.9. The van der Waals surface area contributed by atoms with E-state index in [-0.39, 0.29) is 0 Å². The van der Waals surface area contributed by atoms with Gasteiger partial charge < -0.3 is 5.32 Å². The highest BCUT2D eigenvalue weighted by Crippen LogP contribution is 2.23. The summed E-state index contributed by atoms with van der Waals surface area (Å²) in [4.78, 5) is 4.27. The van der Waals surface area contributed by atoms with Gasteiger partial charge in [0.25, 0.3) is 0 Å². The van der Waals surface area contributed by atoms with Gasteiger partial charge in [0, 0.05) is 6.04 Å². The molecule has 0 saturated heterocycles. The van der Waals surface area contributed by atoms with E-state index >= 15 is 0 Å². The predicted octanol–water partition coefficient (Wildman–Crippen LogP) is 3.51. The Balaban J connectivity index is 2.05. The zero-order chi connectivity index (χ0) is 9.97. The van der Waals surface area contributed by atoms with Gasteiger partial charge in [-0.25, -0.2) is 4.98 Å². The van der Waals surface area contributed by atoms with E-state index in [0.29, 0.717) is 6.04 Å². The lowest BCUT2D eigenvalue weighted by Gasteiger charge is -2.13. The molecule has 76 valence electrons. The minimum Gasteiger partial charge on any atom is -0.381 e. The lowest BCUT2D eigenvalue weighted by molar-refractivity contribution is 0.754. The maximum absolute atomic E-state index is 4.27. The SMILES string of the molecule is Cc1cc(NC2CCCC2)cnc1Br. The van der Waals surface area contributed by atoms with Gasteiger partial charge in [-0.05, 0) is 47.3 Å². The molecule has 1 aliphatic rings. The lowest BCUT2D eigenvalue weighted by atomic mass is 10.2. The first-order chi connectivity index (χ1) is 6.75. The van der Waals surface area contributed by atoms with Gasteiger partial charge in [-0.15, -0.1) is 0 Å². The van der Waals surface area contributed by atoms with E-state index in [0.717, 1.165) is 10.3 Å². The molecule has 1 aromatic rings. The fourth-order valence-electron chi connectivity index (χ4n) is 1.94. The Hall–Kier alpha value is -0.570. The van der Waals surface area contributed by atoms with Gasteiger partial charge in [0.05, 0.1) is 11.9 Å². The van der Waals surface area contributed by atoms with E-state index in [1.54, 1.807) is 0 Å². The summed E-state index contributed by atoms with van der Waals surface area (Å²) in [6.07, 6.45) is 7.22. The number of nitrogens with one attached hydrogen (secondary N) is 1. The summed E-state index contributed by atoms with van der Waals surface area (Å²) in [7, 11) is 0. The molecule has 0 atom stereocenters. The van der Waals surface area contributed by atoms with Crippen molar-refractivity contribution >= 4 is 21.6 Å². The van der Waals surface area contributed by atoms with Crippen molar-refractivity contribution in [1.82, 2.24) is 4.98 Å². The van der Waals surface area contributed by atoms with Crippen LogP contribution in [0.1, 0.15) is 31.2 Å². The molecule has 0 aromatic carbocycles. The maximum atomic E-state index is 4.27. The van der Waals surface area contributed by atoms with Gasteiger partial charge >= 0.3 is 0 Å². The van der Waals surface area contributed by atoms with Crippen LogP contribution in [0.2, 0.25) is 0 Å². The van der Waals surface area contributed by atoms with Gasteiger partial charge in [0.15, 0.2) is 0 Å². The largest absolute Gasteiger partial charge is 0.381 e. The molecule has 14 heavy (non-hydrogen) atoms. The van der Waals surface area contributed by atoms with Gasteiger partial charge in [0.1, 0.15) is 4.60 Å². The average molecular weight is 255 g/mol.